The molecule has 0 aliphatic rings. The van der Waals surface area contributed by atoms with Crippen molar-refractivity contribution in [2.45, 2.75) is 110 Å². The van der Waals surface area contributed by atoms with Crippen molar-refractivity contribution in [1.29, 1.82) is 0 Å². The van der Waals surface area contributed by atoms with Crippen LogP contribution in [0.1, 0.15) is 99.3 Å². The lowest BCUT2D eigenvalue weighted by atomic mass is 9.67. The lowest BCUT2D eigenvalue weighted by molar-refractivity contribution is -0.192. The molecule has 0 aliphatic heterocycles. The minimum absolute atomic E-state index is 0.117. The van der Waals surface area contributed by atoms with E-state index in [0.717, 1.165) is 48.9 Å². The Labute approximate surface area is 244 Å². The molecule has 2 rings (SSSR count). The first kappa shape index (κ1) is 34.2. The minimum atomic E-state index is -3.04. The summed E-state index contributed by atoms with van der Waals surface area (Å²) in [7, 11) is -3.04. The molecule has 2 N–H and O–H groups in total. The molecule has 5 nitrogen and oxygen atoms in total. The van der Waals surface area contributed by atoms with Crippen LogP contribution in [0.3, 0.4) is 0 Å². The highest BCUT2D eigenvalue weighted by molar-refractivity contribution is 6.99. The van der Waals surface area contributed by atoms with E-state index in [4.69, 9.17) is 9.16 Å². The maximum Gasteiger partial charge on any atom is 0.319 e. The second-order valence-electron chi connectivity index (χ2n) is 12.3. The molecule has 0 saturated carbocycles. The summed E-state index contributed by atoms with van der Waals surface area (Å²) in [6.07, 6.45) is 6.89. The van der Waals surface area contributed by atoms with E-state index >= 15 is 0 Å². The molecule has 40 heavy (non-hydrogen) atoms. The van der Waals surface area contributed by atoms with Crippen molar-refractivity contribution in [2.24, 2.45) is 5.41 Å². The van der Waals surface area contributed by atoms with Gasteiger partial charge in [0.1, 0.15) is 5.41 Å². The molecule has 6 heteroatoms. The van der Waals surface area contributed by atoms with Crippen molar-refractivity contribution in [1.82, 2.24) is 0 Å². The highest BCUT2D eigenvalue weighted by Gasteiger charge is 2.59. The Kier molecular flexibility index (Phi) is 13.6. The molecule has 0 aromatic heterocycles. The average molecular weight is 571 g/mol. The molecule has 224 valence electrons. The summed E-state index contributed by atoms with van der Waals surface area (Å²) in [5.41, 5.74) is -3.06. The van der Waals surface area contributed by atoms with E-state index in [0.29, 0.717) is 19.3 Å². The molecule has 0 radical (unpaired) electrons. The molecule has 0 aliphatic carbocycles. The van der Waals surface area contributed by atoms with Gasteiger partial charge in [-0.2, -0.15) is 0 Å². The average Bonchev–Trinajstić information content (AvgIpc) is 2.95. The van der Waals surface area contributed by atoms with E-state index in [1.54, 1.807) is 0 Å². The first-order valence-electron chi connectivity index (χ1n) is 15.3. The van der Waals surface area contributed by atoms with Gasteiger partial charge in [-0.3, -0.25) is 4.79 Å². The Morgan fingerprint density at radius 2 is 1.25 bits per heavy atom. The molecule has 2 aromatic carbocycles. The second kappa shape index (κ2) is 15.9. The number of ether oxygens (including phenoxy) is 1. The Morgan fingerprint density at radius 1 is 0.775 bits per heavy atom. The van der Waals surface area contributed by atoms with E-state index in [-0.39, 0.29) is 18.3 Å². The Hall–Kier alpha value is -1.99. The lowest BCUT2D eigenvalue weighted by Crippen LogP contribution is -2.69. The van der Waals surface area contributed by atoms with Crippen LogP contribution in [0.2, 0.25) is 5.04 Å². The van der Waals surface area contributed by atoms with Gasteiger partial charge in [0.15, 0.2) is 0 Å². The number of benzene rings is 2. The van der Waals surface area contributed by atoms with E-state index in [2.05, 4.69) is 58.9 Å². The van der Waals surface area contributed by atoms with Crippen LogP contribution in [0.25, 0.3) is 0 Å². The van der Waals surface area contributed by atoms with E-state index < -0.39 is 31.9 Å². The standard InChI is InChI=1S/C34H54O5Si/c1-7-10-18-24-34(37,25-19-11-8-2)33(27-35,31(36)38-26-9-3)28-39-40(32(4,5)6,29-20-14-12-15-21-29)30-22-16-13-17-23-30/h12-17,20-23,35,37H,7-11,18-19,24-28H2,1-6H3. The van der Waals surface area contributed by atoms with Crippen molar-refractivity contribution in [2.75, 3.05) is 19.8 Å². The predicted octanol–water partition coefficient (Wildman–Crippen LogP) is 6.39. The van der Waals surface area contributed by atoms with Gasteiger partial charge in [0, 0.05) is 0 Å². The Morgan fingerprint density at radius 3 is 1.62 bits per heavy atom. The van der Waals surface area contributed by atoms with Gasteiger partial charge in [0.25, 0.3) is 8.32 Å². The Balaban J connectivity index is 2.74. The molecule has 0 saturated heterocycles. The smallest absolute Gasteiger partial charge is 0.319 e. The molecule has 0 heterocycles. The number of carbonyl (C=O) groups is 1. The first-order valence-corrected chi connectivity index (χ1v) is 17.2. The van der Waals surface area contributed by atoms with E-state index in [1.807, 2.05) is 43.3 Å². The Bertz CT molecular complexity index is 939. The monoisotopic (exact) mass is 570 g/mol. The van der Waals surface area contributed by atoms with Gasteiger partial charge in [0.05, 0.1) is 25.4 Å². The highest BCUT2D eigenvalue weighted by Crippen LogP contribution is 2.44. The third-order valence-electron chi connectivity index (χ3n) is 8.33. The number of esters is 1. The van der Waals surface area contributed by atoms with Crippen LogP contribution in [-0.4, -0.2) is 49.9 Å². The van der Waals surface area contributed by atoms with Crippen LogP contribution in [-0.2, 0) is 14.0 Å². The van der Waals surface area contributed by atoms with Gasteiger partial charge in [0.2, 0.25) is 0 Å². The number of unbranched alkanes of at least 4 members (excludes halogenated alkanes) is 4. The van der Waals surface area contributed by atoms with E-state index in [1.165, 1.54) is 0 Å². The van der Waals surface area contributed by atoms with Crippen LogP contribution in [0.5, 0.6) is 0 Å². The van der Waals surface area contributed by atoms with Crippen LogP contribution in [0.15, 0.2) is 60.7 Å². The predicted molar refractivity (Wildman–Crippen MR) is 168 cm³/mol. The molecule has 1 atom stereocenters. The summed E-state index contributed by atoms with van der Waals surface area (Å²) in [4.78, 5) is 14.0. The third-order valence-corrected chi connectivity index (χ3v) is 13.3. The highest BCUT2D eigenvalue weighted by atomic mass is 28.4. The number of aliphatic hydroxyl groups excluding tert-OH is 1. The van der Waals surface area contributed by atoms with Crippen LogP contribution >= 0.6 is 0 Å². The van der Waals surface area contributed by atoms with Crippen LogP contribution in [0.4, 0.5) is 0 Å². The number of hydrogen-bond donors (Lipinski definition) is 2. The molecule has 1 unspecified atom stereocenters. The van der Waals surface area contributed by atoms with Crippen LogP contribution < -0.4 is 10.4 Å². The van der Waals surface area contributed by atoms with E-state index in [9.17, 15) is 15.0 Å². The number of aliphatic hydroxyl groups is 2. The summed E-state index contributed by atoms with van der Waals surface area (Å²) in [5.74, 6) is -0.565. The summed E-state index contributed by atoms with van der Waals surface area (Å²) in [6.45, 7) is 12.3. The van der Waals surface area contributed by atoms with Gasteiger partial charge in [-0.1, -0.05) is 141 Å². The topological polar surface area (TPSA) is 76.0 Å². The number of hydrogen-bond acceptors (Lipinski definition) is 5. The van der Waals surface area contributed by atoms with Crippen molar-refractivity contribution in [3.63, 3.8) is 0 Å². The van der Waals surface area contributed by atoms with Gasteiger partial charge >= 0.3 is 5.97 Å². The maximum absolute atomic E-state index is 14.0. The zero-order chi connectivity index (χ0) is 29.7. The number of rotatable bonds is 18. The largest absolute Gasteiger partial charge is 0.465 e. The fraction of sp³-hybridized carbons (Fsp3) is 0.618. The summed E-state index contributed by atoms with van der Waals surface area (Å²) in [5, 5.41) is 25.4. The van der Waals surface area contributed by atoms with Gasteiger partial charge in [-0.05, 0) is 34.7 Å². The minimum Gasteiger partial charge on any atom is -0.465 e. The molecule has 2 aromatic rings. The van der Waals surface area contributed by atoms with Gasteiger partial charge in [-0.15, -0.1) is 0 Å². The SMILES string of the molecule is CCCCCC(O)(CCCCC)C(CO)(CO[Si](c1ccccc1)(c1ccccc1)C(C)(C)C)C(=O)OCCC. The van der Waals surface area contributed by atoms with Crippen molar-refractivity contribution in [3.05, 3.63) is 60.7 Å². The van der Waals surface area contributed by atoms with Crippen LogP contribution in [0, 0.1) is 5.41 Å². The summed E-state index contributed by atoms with van der Waals surface area (Å²) in [6, 6.07) is 20.5. The quantitative estimate of drug-likeness (QED) is 0.123. The van der Waals surface area contributed by atoms with Crippen molar-refractivity contribution < 1.29 is 24.2 Å². The second-order valence-corrected chi connectivity index (χ2v) is 16.6. The molecule has 0 amide bonds. The summed E-state index contributed by atoms with van der Waals surface area (Å²) < 4.78 is 12.9. The van der Waals surface area contributed by atoms with Gasteiger partial charge in [-0.25, -0.2) is 0 Å². The molecular formula is C34H54O5Si. The molecule has 0 fully saturated rings. The molecule has 0 bridgehead atoms. The van der Waals surface area contributed by atoms with Gasteiger partial charge < -0.3 is 19.4 Å². The molecule has 0 spiro atoms. The zero-order valence-electron chi connectivity index (χ0n) is 25.9. The van der Waals surface area contributed by atoms with Crippen molar-refractivity contribution >= 4 is 24.7 Å². The first-order chi connectivity index (χ1) is 19.1. The maximum atomic E-state index is 14.0. The fourth-order valence-corrected chi connectivity index (χ4v) is 10.5. The summed E-state index contributed by atoms with van der Waals surface area (Å²) >= 11 is 0. The normalized spacial score (nSPS) is 14.1. The zero-order valence-corrected chi connectivity index (χ0v) is 26.9. The van der Waals surface area contributed by atoms with Crippen molar-refractivity contribution in [3.8, 4) is 0 Å². The fourth-order valence-electron chi connectivity index (χ4n) is 5.90. The number of carbonyl (C=O) groups excluding carboxylic acids is 1. The third kappa shape index (κ3) is 7.64. The lowest BCUT2D eigenvalue weighted by Gasteiger charge is -2.49. The molecular weight excluding hydrogens is 516 g/mol.